The van der Waals surface area contributed by atoms with Crippen molar-refractivity contribution >= 4 is 5.91 Å². The van der Waals surface area contributed by atoms with Crippen LogP contribution in [-0.2, 0) is 6.61 Å². The maximum atomic E-state index is 12.1. The Morgan fingerprint density at radius 2 is 1.71 bits per heavy atom. The van der Waals surface area contributed by atoms with Gasteiger partial charge in [-0.2, -0.15) is 0 Å². The molecule has 0 bridgehead atoms. The molecule has 1 saturated carbocycles. The summed E-state index contributed by atoms with van der Waals surface area (Å²) in [5.74, 6) is -0.183. The van der Waals surface area contributed by atoms with Crippen molar-refractivity contribution in [1.82, 2.24) is 5.32 Å². The number of benzene rings is 1. The minimum Gasteiger partial charge on any atom is -0.392 e. The van der Waals surface area contributed by atoms with E-state index in [1.807, 2.05) is 0 Å². The molecule has 0 atom stereocenters. The second-order valence-electron chi connectivity index (χ2n) is 6.93. The van der Waals surface area contributed by atoms with Gasteiger partial charge >= 0.3 is 0 Å². The summed E-state index contributed by atoms with van der Waals surface area (Å²) in [6.45, 7) is 4.70. The van der Waals surface area contributed by atoms with Gasteiger partial charge < -0.3 is 15.5 Å². The number of amides is 1. The SMILES string of the molecule is CC1(C)CCC(O)(CNC(=O)c2ccc(CO)cc2)CC1. The fourth-order valence-electron chi connectivity index (χ4n) is 2.68. The largest absolute Gasteiger partial charge is 0.392 e. The molecule has 1 aliphatic rings. The lowest BCUT2D eigenvalue weighted by Crippen LogP contribution is -2.46. The van der Waals surface area contributed by atoms with Crippen molar-refractivity contribution in [2.45, 2.75) is 51.7 Å². The molecule has 0 unspecified atom stereocenters. The molecular weight excluding hydrogens is 266 g/mol. The number of hydrogen-bond acceptors (Lipinski definition) is 3. The molecule has 1 amide bonds. The third kappa shape index (κ3) is 4.29. The van der Waals surface area contributed by atoms with Gasteiger partial charge in [0.25, 0.3) is 5.91 Å². The van der Waals surface area contributed by atoms with E-state index in [-0.39, 0.29) is 17.9 Å². The molecule has 0 aliphatic heterocycles. The van der Waals surface area contributed by atoms with Crippen LogP contribution in [0.4, 0.5) is 0 Å². The first-order chi connectivity index (χ1) is 9.84. The molecule has 1 fully saturated rings. The summed E-state index contributed by atoms with van der Waals surface area (Å²) in [6.07, 6.45) is 3.41. The van der Waals surface area contributed by atoms with Crippen LogP contribution < -0.4 is 5.32 Å². The van der Waals surface area contributed by atoms with E-state index in [2.05, 4.69) is 19.2 Å². The van der Waals surface area contributed by atoms with Gasteiger partial charge in [-0.05, 0) is 48.8 Å². The van der Waals surface area contributed by atoms with E-state index in [0.717, 1.165) is 31.2 Å². The Balaban J connectivity index is 1.88. The van der Waals surface area contributed by atoms with E-state index in [4.69, 9.17) is 5.11 Å². The predicted octanol–water partition coefficient (Wildman–Crippen LogP) is 2.24. The number of hydrogen-bond donors (Lipinski definition) is 3. The minimum atomic E-state index is -0.782. The zero-order valence-corrected chi connectivity index (χ0v) is 12.9. The average Bonchev–Trinajstić information content (AvgIpc) is 2.49. The van der Waals surface area contributed by atoms with Gasteiger partial charge in [0, 0.05) is 12.1 Å². The highest BCUT2D eigenvalue weighted by Crippen LogP contribution is 2.39. The summed E-state index contributed by atoms with van der Waals surface area (Å²) >= 11 is 0. The zero-order chi connectivity index (χ0) is 15.5. The molecule has 0 radical (unpaired) electrons. The third-order valence-electron chi connectivity index (χ3n) is 4.51. The Labute approximate surface area is 126 Å². The Morgan fingerprint density at radius 3 is 2.24 bits per heavy atom. The minimum absolute atomic E-state index is 0.0303. The van der Waals surface area contributed by atoms with Gasteiger partial charge in [-0.3, -0.25) is 4.79 Å². The lowest BCUT2D eigenvalue weighted by molar-refractivity contribution is -0.0233. The monoisotopic (exact) mass is 291 g/mol. The van der Waals surface area contributed by atoms with Crippen LogP contribution in [0.15, 0.2) is 24.3 Å². The summed E-state index contributed by atoms with van der Waals surface area (Å²) in [6, 6.07) is 6.84. The van der Waals surface area contributed by atoms with Gasteiger partial charge in [0.2, 0.25) is 0 Å². The van der Waals surface area contributed by atoms with Gasteiger partial charge in [-0.1, -0.05) is 26.0 Å². The van der Waals surface area contributed by atoms with Gasteiger partial charge in [0.1, 0.15) is 0 Å². The van der Waals surface area contributed by atoms with Crippen LogP contribution >= 0.6 is 0 Å². The lowest BCUT2D eigenvalue weighted by Gasteiger charge is -2.40. The Hall–Kier alpha value is -1.39. The van der Waals surface area contributed by atoms with E-state index in [1.54, 1.807) is 24.3 Å². The molecule has 4 nitrogen and oxygen atoms in total. The number of nitrogens with one attached hydrogen (secondary N) is 1. The Morgan fingerprint density at radius 1 is 1.14 bits per heavy atom. The van der Waals surface area contributed by atoms with E-state index >= 15 is 0 Å². The van der Waals surface area contributed by atoms with Gasteiger partial charge in [0.15, 0.2) is 0 Å². The molecule has 1 aromatic carbocycles. The second kappa shape index (κ2) is 6.16. The second-order valence-corrected chi connectivity index (χ2v) is 6.93. The maximum Gasteiger partial charge on any atom is 0.251 e. The van der Waals surface area contributed by atoms with Crippen LogP contribution in [0, 0.1) is 5.41 Å². The van der Waals surface area contributed by atoms with Crippen LogP contribution in [0.1, 0.15) is 55.5 Å². The van der Waals surface area contributed by atoms with E-state index in [0.29, 0.717) is 12.1 Å². The molecular formula is C17H25NO3. The van der Waals surface area contributed by atoms with Crippen molar-refractivity contribution in [3.8, 4) is 0 Å². The van der Waals surface area contributed by atoms with Gasteiger partial charge in [0.05, 0.1) is 12.2 Å². The Kier molecular flexibility index (Phi) is 4.69. The van der Waals surface area contributed by atoms with Crippen molar-refractivity contribution in [3.63, 3.8) is 0 Å². The molecule has 2 rings (SSSR count). The summed E-state index contributed by atoms with van der Waals surface area (Å²) in [5, 5.41) is 22.3. The van der Waals surface area contributed by atoms with E-state index < -0.39 is 5.60 Å². The normalized spacial score (nSPS) is 20.0. The molecule has 0 heterocycles. The summed E-state index contributed by atoms with van der Waals surface area (Å²) in [4.78, 5) is 12.1. The summed E-state index contributed by atoms with van der Waals surface area (Å²) in [5.41, 5.74) is 0.832. The quantitative estimate of drug-likeness (QED) is 0.797. The highest BCUT2D eigenvalue weighted by atomic mass is 16.3. The molecule has 1 aromatic rings. The first kappa shape index (κ1) is 16.0. The van der Waals surface area contributed by atoms with Crippen LogP contribution in [0.5, 0.6) is 0 Å². The fraction of sp³-hybridized carbons (Fsp3) is 0.588. The highest BCUT2D eigenvalue weighted by Gasteiger charge is 2.36. The molecule has 0 spiro atoms. The summed E-state index contributed by atoms with van der Waals surface area (Å²) in [7, 11) is 0. The first-order valence-electron chi connectivity index (χ1n) is 7.54. The van der Waals surface area contributed by atoms with Crippen molar-refractivity contribution in [1.29, 1.82) is 0 Å². The van der Waals surface area contributed by atoms with Crippen LogP contribution in [0.25, 0.3) is 0 Å². The molecule has 116 valence electrons. The molecule has 3 N–H and O–H groups in total. The molecule has 21 heavy (non-hydrogen) atoms. The van der Waals surface area contributed by atoms with E-state index in [9.17, 15) is 9.90 Å². The average molecular weight is 291 g/mol. The van der Waals surface area contributed by atoms with Crippen LogP contribution in [0.3, 0.4) is 0 Å². The number of aliphatic hydroxyl groups excluding tert-OH is 1. The molecule has 4 heteroatoms. The zero-order valence-electron chi connectivity index (χ0n) is 12.9. The topological polar surface area (TPSA) is 69.6 Å². The summed E-state index contributed by atoms with van der Waals surface area (Å²) < 4.78 is 0. The lowest BCUT2D eigenvalue weighted by atomic mass is 9.71. The van der Waals surface area contributed by atoms with Gasteiger partial charge in [-0.15, -0.1) is 0 Å². The third-order valence-corrected chi connectivity index (χ3v) is 4.51. The predicted molar refractivity (Wildman–Crippen MR) is 81.9 cm³/mol. The maximum absolute atomic E-state index is 12.1. The number of aliphatic hydroxyl groups is 2. The smallest absolute Gasteiger partial charge is 0.251 e. The fourth-order valence-corrected chi connectivity index (χ4v) is 2.68. The van der Waals surface area contributed by atoms with E-state index in [1.165, 1.54) is 0 Å². The highest BCUT2D eigenvalue weighted by molar-refractivity contribution is 5.94. The Bertz CT molecular complexity index is 483. The molecule has 1 aliphatic carbocycles. The molecule has 0 aromatic heterocycles. The number of carbonyl (C=O) groups excluding carboxylic acids is 1. The van der Waals surface area contributed by atoms with Crippen molar-refractivity contribution in [2.24, 2.45) is 5.41 Å². The van der Waals surface area contributed by atoms with Crippen LogP contribution in [-0.4, -0.2) is 28.3 Å². The standard InChI is InChI=1S/C17H25NO3/c1-16(2)7-9-17(21,10-8-16)12-18-15(20)14-5-3-13(11-19)4-6-14/h3-6,19,21H,7-12H2,1-2H3,(H,18,20). The first-order valence-corrected chi connectivity index (χ1v) is 7.54. The van der Waals surface area contributed by atoms with Crippen molar-refractivity contribution in [2.75, 3.05) is 6.54 Å². The molecule has 0 saturated heterocycles. The van der Waals surface area contributed by atoms with Crippen molar-refractivity contribution in [3.05, 3.63) is 35.4 Å². The van der Waals surface area contributed by atoms with Gasteiger partial charge in [-0.25, -0.2) is 0 Å². The number of rotatable bonds is 4. The van der Waals surface area contributed by atoms with Crippen molar-refractivity contribution < 1.29 is 15.0 Å². The number of carbonyl (C=O) groups is 1. The van der Waals surface area contributed by atoms with Crippen LogP contribution in [0.2, 0.25) is 0 Å².